The molecule has 2 unspecified atom stereocenters. The second-order valence-corrected chi connectivity index (χ2v) is 5.18. The van der Waals surface area contributed by atoms with E-state index in [1.165, 1.54) is 18.6 Å². The summed E-state index contributed by atoms with van der Waals surface area (Å²) in [6, 6.07) is 7.02. The lowest BCUT2D eigenvalue weighted by Gasteiger charge is -2.41. The molecule has 0 bridgehead atoms. The lowest BCUT2D eigenvalue weighted by molar-refractivity contribution is 0.102. The summed E-state index contributed by atoms with van der Waals surface area (Å²) in [6.07, 6.45) is -0.108. The topological polar surface area (TPSA) is 29.3 Å². The van der Waals surface area contributed by atoms with Gasteiger partial charge in [-0.05, 0) is 44.0 Å². The predicted octanol–water partition coefficient (Wildman–Crippen LogP) is 3.36. The van der Waals surface area contributed by atoms with Crippen LogP contribution in [0.25, 0.3) is 0 Å². The average Bonchev–Trinajstić information content (AvgIpc) is 2.46. The molecule has 2 rings (SSSR count). The van der Waals surface area contributed by atoms with Crippen LogP contribution in [0.3, 0.4) is 0 Å². The molecule has 0 amide bonds. The van der Waals surface area contributed by atoms with Gasteiger partial charge in [-0.2, -0.15) is 0 Å². The third-order valence-corrected chi connectivity index (χ3v) is 4.10. The van der Waals surface area contributed by atoms with Crippen LogP contribution in [-0.2, 0) is 0 Å². The molecule has 1 heterocycles. The Morgan fingerprint density at radius 3 is 2.53 bits per heavy atom. The van der Waals surface area contributed by atoms with Crippen LogP contribution in [0.1, 0.15) is 43.4 Å². The maximum atomic E-state index is 12.6. The second-order valence-electron chi connectivity index (χ2n) is 5.18. The highest BCUT2D eigenvalue weighted by atomic mass is 19.3. The zero-order valence-corrected chi connectivity index (χ0v) is 11.4. The molecular weight excluding hydrogens is 246 g/mol. The Morgan fingerprint density at radius 1 is 1.32 bits per heavy atom. The van der Waals surface area contributed by atoms with Gasteiger partial charge in [-0.3, -0.25) is 4.90 Å². The van der Waals surface area contributed by atoms with Crippen molar-refractivity contribution in [3.05, 3.63) is 35.4 Å². The van der Waals surface area contributed by atoms with Crippen molar-refractivity contribution in [2.45, 2.75) is 32.2 Å². The van der Waals surface area contributed by atoms with Gasteiger partial charge in [-0.15, -0.1) is 0 Å². The van der Waals surface area contributed by atoms with Crippen molar-refractivity contribution in [2.75, 3.05) is 19.6 Å². The Hall–Kier alpha value is -1.00. The third kappa shape index (κ3) is 3.12. The Labute approximate surface area is 113 Å². The van der Waals surface area contributed by atoms with Crippen LogP contribution in [0, 0.1) is 5.92 Å². The Balaban J connectivity index is 2.24. The maximum Gasteiger partial charge on any atom is 0.263 e. The standard InChI is InChI=1S/C15H22F2N2/c1-2-19-9-3-4-13(10-18)14(19)11-5-7-12(8-6-11)15(16)17/h5-8,13-15H,2-4,9-10,18H2,1H3. The molecule has 0 aliphatic carbocycles. The molecular formula is C15H22F2N2. The van der Waals surface area contributed by atoms with Crippen molar-refractivity contribution in [2.24, 2.45) is 11.7 Å². The fraction of sp³-hybridized carbons (Fsp3) is 0.600. The number of alkyl halides is 2. The molecule has 1 fully saturated rings. The van der Waals surface area contributed by atoms with Crippen molar-refractivity contribution >= 4 is 0 Å². The highest BCUT2D eigenvalue weighted by Gasteiger charge is 2.30. The highest BCUT2D eigenvalue weighted by Crippen LogP contribution is 2.35. The fourth-order valence-corrected chi connectivity index (χ4v) is 3.07. The van der Waals surface area contributed by atoms with Gasteiger partial charge in [-0.1, -0.05) is 31.2 Å². The Kier molecular flexibility index (Phi) is 4.88. The zero-order chi connectivity index (χ0) is 13.8. The highest BCUT2D eigenvalue weighted by molar-refractivity contribution is 5.26. The van der Waals surface area contributed by atoms with Gasteiger partial charge in [0.15, 0.2) is 0 Å². The van der Waals surface area contributed by atoms with Crippen LogP contribution >= 0.6 is 0 Å². The van der Waals surface area contributed by atoms with E-state index in [9.17, 15) is 8.78 Å². The number of nitrogens with two attached hydrogens (primary N) is 1. The smallest absolute Gasteiger partial charge is 0.263 e. The molecule has 2 atom stereocenters. The first kappa shape index (κ1) is 14.4. The summed E-state index contributed by atoms with van der Waals surface area (Å²) in [5, 5.41) is 0. The zero-order valence-electron chi connectivity index (χ0n) is 11.4. The number of halogens is 2. The van der Waals surface area contributed by atoms with Crippen LogP contribution in [0.5, 0.6) is 0 Å². The molecule has 0 spiro atoms. The Bertz CT molecular complexity index is 380. The monoisotopic (exact) mass is 268 g/mol. The average molecular weight is 268 g/mol. The minimum atomic E-state index is -2.40. The summed E-state index contributed by atoms with van der Waals surface area (Å²) < 4.78 is 25.2. The van der Waals surface area contributed by atoms with Gasteiger partial charge in [0.2, 0.25) is 0 Å². The molecule has 19 heavy (non-hydrogen) atoms. The van der Waals surface area contributed by atoms with Crippen LogP contribution < -0.4 is 5.73 Å². The van der Waals surface area contributed by atoms with Crippen molar-refractivity contribution in [1.82, 2.24) is 4.90 Å². The molecule has 0 radical (unpaired) electrons. The number of nitrogens with zero attached hydrogens (tertiary/aromatic N) is 1. The molecule has 0 saturated carbocycles. The Morgan fingerprint density at radius 2 is 2.00 bits per heavy atom. The number of rotatable bonds is 4. The quantitative estimate of drug-likeness (QED) is 0.907. The van der Waals surface area contributed by atoms with Crippen molar-refractivity contribution < 1.29 is 8.78 Å². The number of piperidine rings is 1. The molecule has 2 nitrogen and oxygen atoms in total. The first-order valence-electron chi connectivity index (χ1n) is 6.99. The number of likely N-dealkylation sites (tertiary alicyclic amines) is 1. The molecule has 4 heteroatoms. The van der Waals surface area contributed by atoms with E-state index in [4.69, 9.17) is 5.73 Å². The molecule has 106 valence electrons. The van der Waals surface area contributed by atoms with E-state index in [0.29, 0.717) is 12.5 Å². The summed E-state index contributed by atoms with van der Waals surface area (Å²) in [6.45, 7) is 4.82. The van der Waals surface area contributed by atoms with Gasteiger partial charge in [0.1, 0.15) is 0 Å². The van der Waals surface area contributed by atoms with Gasteiger partial charge < -0.3 is 5.73 Å². The summed E-state index contributed by atoms with van der Waals surface area (Å²) in [5.41, 5.74) is 7.08. The molecule has 0 aromatic heterocycles. The summed E-state index contributed by atoms with van der Waals surface area (Å²) in [5.74, 6) is 0.422. The van der Waals surface area contributed by atoms with Crippen LogP contribution in [0.15, 0.2) is 24.3 Å². The SMILES string of the molecule is CCN1CCCC(CN)C1c1ccc(C(F)F)cc1. The maximum absolute atomic E-state index is 12.6. The van der Waals surface area contributed by atoms with Gasteiger partial charge >= 0.3 is 0 Å². The second kappa shape index (κ2) is 6.44. The summed E-state index contributed by atoms with van der Waals surface area (Å²) >= 11 is 0. The van der Waals surface area contributed by atoms with Gasteiger partial charge in [0, 0.05) is 11.6 Å². The summed E-state index contributed by atoms with van der Waals surface area (Å²) in [7, 11) is 0. The normalized spacial score (nSPS) is 24.9. The van der Waals surface area contributed by atoms with Crippen molar-refractivity contribution in [3.63, 3.8) is 0 Å². The molecule has 1 aromatic carbocycles. The van der Waals surface area contributed by atoms with Crippen molar-refractivity contribution in [3.8, 4) is 0 Å². The summed E-state index contributed by atoms with van der Waals surface area (Å²) in [4.78, 5) is 2.40. The van der Waals surface area contributed by atoms with Crippen LogP contribution in [0.4, 0.5) is 8.78 Å². The van der Waals surface area contributed by atoms with Crippen LogP contribution in [-0.4, -0.2) is 24.5 Å². The first-order valence-corrected chi connectivity index (χ1v) is 6.99. The molecule has 1 aromatic rings. The predicted molar refractivity (Wildman–Crippen MR) is 73.2 cm³/mol. The number of hydrogen-bond acceptors (Lipinski definition) is 2. The first-order chi connectivity index (χ1) is 9.17. The van der Waals surface area contributed by atoms with E-state index >= 15 is 0 Å². The molecule has 1 aliphatic heterocycles. The number of hydrogen-bond donors (Lipinski definition) is 1. The number of benzene rings is 1. The minimum absolute atomic E-state index is 0.0897. The van der Waals surface area contributed by atoms with E-state index in [-0.39, 0.29) is 11.6 Å². The lowest BCUT2D eigenvalue weighted by atomic mass is 9.84. The lowest BCUT2D eigenvalue weighted by Crippen LogP contribution is -2.41. The van der Waals surface area contributed by atoms with Gasteiger partial charge in [0.25, 0.3) is 6.43 Å². The van der Waals surface area contributed by atoms with E-state index in [2.05, 4.69) is 11.8 Å². The third-order valence-electron chi connectivity index (χ3n) is 4.10. The molecule has 1 aliphatic rings. The largest absolute Gasteiger partial charge is 0.330 e. The van der Waals surface area contributed by atoms with E-state index in [1.54, 1.807) is 0 Å². The van der Waals surface area contributed by atoms with E-state index in [0.717, 1.165) is 25.1 Å². The van der Waals surface area contributed by atoms with Gasteiger partial charge in [-0.25, -0.2) is 8.78 Å². The minimum Gasteiger partial charge on any atom is -0.330 e. The van der Waals surface area contributed by atoms with Crippen LogP contribution in [0.2, 0.25) is 0 Å². The van der Waals surface area contributed by atoms with Gasteiger partial charge in [0.05, 0.1) is 0 Å². The molecule has 1 saturated heterocycles. The molecule has 2 N–H and O–H groups in total. The fourth-order valence-electron chi connectivity index (χ4n) is 3.07. The van der Waals surface area contributed by atoms with E-state index in [1.807, 2.05) is 12.1 Å². The van der Waals surface area contributed by atoms with E-state index < -0.39 is 6.43 Å². The van der Waals surface area contributed by atoms with Crippen molar-refractivity contribution in [1.29, 1.82) is 0 Å².